The summed E-state index contributed by atoms with van der Waals surface area (Å²) < 4.78 is 0. The summed E-state index contributed by atoms with van der Waals surface area (Å²) in [5.74, 6) is 0.356. The van der Waals surface area contributed by atoms with Crippen molar-refractivity contribution in [1.29, 1.82) is 0 Å². The van der Waals surface area contributed by atoms with Gasteiger partial charge >= 0.3 is 70.7 Å². The molecule has 2 nitrogen and oxygen atoms in total. The third kappa shape index (κ3) is 3.24. The van der Waals surface area contributed by atoms with Crippen molar-refractivity contribution in [2.24, 2.45) is 5.92 Å². The fraction of sp³-hybridized carbons (Fsp3) is 0.800. The van der Waals surface area contributed by atoms with Gasteiger partial charge in [-0.25, -0.2) is 0 Å². The predicted molar refractivity (Wildman–Crippen MR) is 36.1 cm³/mol. The molecule has 0 amide bonds. The van der Waals surface area contributed by atoms with Crippen molar-refractivity contribution in [2.75, 3.05) is 7.05 Å². The van der Waals surface area contributed by atoms with Crippen molar-refractivity contribution in [3.05, 3.63) is 0 Å². The van der Waals surface area contributed by atoms with Crippen LogP contribution in [0.4, 0.5) is 0 Å². The Morgan fingerprint density at radius 2 is 2.33 bits per heavy atom. The minimum absolute atomic E-state index is 0.356. The van der Waals surface area contributed by atoms with Crippen molar-refractivity contribution >= 4 is 17.2 Å². The maximum atomic E-state index is 8.83. The topological polar surface area (TPSA) is 23.5 Å². The summed E-state index contributed by atoms with van der Waals surface area (Å²) in [6.45, 7) is 2.03. The number of hydroxylamine groups is 2. The SMILES string of the molecule is CC([CH2][Zn])C(=S)N(C)O. The van der Waals surface area contributed by atoms with Gasteiger partial charge < -0.3 is 0 Å². The van der Waals surface area contributed by atoms with E-state index in [1.165, 1.54) is 18.3 Å². The van der Waals surface area contributed by atoms with E-state index in [9.17, 15) is 0 Å². The average Bonchev–Trinajstić information content (AvgIpc) is 1.84. The van der Waals surface area contributed by atoms with E-state index in [1.54, 1.807) is 7.05 Å². The number of hydrogen-bond acceptors (Lipinski definition) is 2. The van der Waals surface area contributed by atoms with Gasteiger partial charge in [0.15, 0.2) is 0 Å². The molecule has 0 spiro atoms. The molecule has 0 radical (unpaired) electrons. The van der Waals surface area contributed by atoms with Gasteiger partial charge in [0.1, 0.15) is 0 Å². The normalized spacial score (nSPS) is 13.0. The van der Waals surface area contributed by atoms with Crippen LogP contribution in [0.2, 0.25) is 5.02 Å². The molecule has 1 N–H and O–H groups in total. The molecule has 0 saturated heterocycles. The van der Waals surface area contributed by atoms with Gasteiger partial charge in [0.05, 0.1) is 0 Å². The van der Waals surface area contributed by atoms with Crippen molar-refractivity contribution in [2.45, 2.75) is 11.9 Å². The number of rotatable bonds is 2. The zero-order valence-electron chi connectivity index (χ0n) is 5.79. The Balaban J connectivity index is 3.73. The fourth-order valence-electron chi connectivity index (χ4n) is 0.442. The van der Waals surface area contributed by atoms with Crippen molar-refractivity contribution < 1.29 is 23.5 Å². The molecular formula is C5H10NOSZn. The average molecular weight is 198 g/mol. The van der Waals surface area contributed by atoms with E-state index in [4.69, 9.17) is 17.4 Å². The quantitative estimate of drug-likeness (QED) is 0.409. The molecule has 0 aliphatic carbocycles. The molecule has 0 saturated carbocycles. The first-order valence-electron chi connectivity index (χ1n) is 2.85. The van der Waals surface area contributed by atoms with Gasteiger partial charge in [-0.15, -0.1) is 0 Å². The van der Waals surface area contributed by atoms with E-state index in [0.717, 1.165) is 10.1 Å². The first-order valence-corrected chi connectivity index (χ1v) is 5.36. The second-order valence-corrected chi connectivity index (χ2v) is 3.68. The second-order valence-electron chi connectivity index (χ2n) is 2.05. The molecule has 0 aromatic rings. The summed E-state index contributed by atoms with van der Waals surface area (Å²) >= 11 is 6.13. The standard InChI is InChI=1S/C5H10NOS.Zn/c1-4(2)5(8)6(3)7;/h4,7H,1H2,2-3H3;. The van der Waals surface area contributed by atoms with Crippen LogP contribution in [0.5, 0.6) is 0 Å². The second kappa shape index (κ2) is 4.31. The van der Waals surface area contributed by atoms with Crippen molar-refractivity contribution in [1.82, 2.24) is 5.06 Å². The molecule has 9 heavy (non-hydrogen) atoms. The predicted octanol–water partition coefficient (Wildman–Crippen LogP) is 1.24. The molecule has 1 unspecified atom stereocenters. The fourth-order valence-corrected chi connectivity index (χ4v) is 1.57. The molecule has 1 atom stereocenters. The molecule has 0 aromatic heterocycles. The first kappa shape index (κ1) is 9.47. The van der Waals surface area contributed by atoms with Gasteiger partial charge in [0.25, 0.3) is 0 Å². The van der Waals surface area contributed by atoms with Gasteiger partial charge in [0.2, 0.25) is 0 Å². The Labute approximate surface area is 70.9 Å². The Morgan fingerprint density at radius 1 is 1.89 bits per heavy atom. The van der Waals surface area contributed by atoms with Gasteiger partial charge in [-0.05, 0) is 0 Å². The van der Waals surface area contributed by atoms with Gasteiger partial charge in [-0.2, -0.15) is 0 Å². The van der Waals surface area contributed by atoms with E-state index in [2.05, 4.69) is 0 Å². The zero-order valence-corrected chi connectivity index (χ0v) is 9.58. The van der Waals surface area contributed by atoms with E-state index < -0.39 is 0 Å². The van der Waals surface area contributed by atoms with Gasteiger partial charge in [-0.1, -0.05) is 0 Å². The molecule has 0 aromatic carbocycles. The molecular weight excluding hydrogens is 188 g/mol. The van der Waals surface area contributed by atoms with Crippen LogP contribution in [0.1, 0.15) is 6.92 Å². The summed E-state index contributed by atoms with van der Waals surface area (Å²) in [6, 6.07) is 0. The Bertz CT molecular complexity index is 107. The minimum atomic E-state index is 0.356. The summed E-state index contributed by atoms with van der Waals surface area (Å²) in [5.41, 5.74) is 0. The molecule has 49 valence electrons. The molecule has 0 aliphatic rings. The van der Waals surface area contributed by atoms with E-state index in [1.807, 2.05) is 6.92 Å². The molecule has 4 heteroatoms. The Hall–Kier alpha value is 0.473. The van der Waals surface area contributed by atoms with Crippen LogP contribution in [0.3, 0.4) is 0 Å². The van der Waals surface area contributed by atoms with Crippen molar-refractivity contribution in [3.63, 3.8) is 0 Å². The van der Waals surface area contributed by atoms with Gasteiger partial charge in [-0.3, -0.25) is 0 Å². The number of thiocarbonyl (C=S) groups is 1. The van der Waals surface area contributed by atoms with Crippen LogP contribution >= 0.6 is 12.2 Å². The van der Waals surface area contributed by atoms with Crippen molar-refractivity contribution in [3.8, 4) is 0 Å². The molecule has 0 fully saturated rings. The number of hydrogen-bond donors (Lipinski definition) is 1. The molecule has 0 heterocycles. The zero-order chi connectivity index (χ0) is 7.44. The summed E-state index contributed by atoms with van der Waals surface area (Å²) in [6.07, 6.45) is 0. The molecule has 0 bridgehead atoms. The van der Waals surface area contributed by atoms with Crippen LogP contribution in [-0.4, -0.2) is 22.3 Å². The van der Waals surface area contributed by atoms with E-state index >= 15 is 0 Å². The van der Waals surface area contributed by atoms with Crippen LogP contribution in [0.25, 0.3) is 0 Å². The molecule has 0 aliphatic heterocycles. The molecule has 0 rings (SSSR count). The van der Waals surface area contributed by atoms with Crippen LogP contribution < -0.4 is 0 Å². The summed E-state index contributed by atoms with van der Waals surface area (Å²) in [4.78, 5) is 0.640. The first-order chi connectivity index (χ1) is 4.09. The van der Waals surface area contributed by atoms with E-state index in [0.29, 0.717) is 10.9 Å². The number of nitrogens with zero attached hydrogens (tertiary/aromatic N) is 1. The summed E-state index contributed by atoms with van der Waals surface area (Å²) in [5, 5.41) is 11.0. The van der Waals surface area contributed by atoms with E-state index in [-0.39, 0.29) is 0 Å². The third-order valence-electron chi connectivity index (χ3n) is 1.17. The van der Waals surface area contributed by atoms with Crippen LogP contribution in [0, 0.1) is 5.92 Å². The maximum absolute atomic E-state index is 8.83. The Morgan fingerprint density at radius 3 is 2.44 bits per heavy atom. The Kier molecular flexibility index (Phi) is 4.54. The third-order valence-corrected chi connectivity index (χ3v) is 3.66. The van der Waals surface area contributed by atoms with Crippen LogP contribution in [0.15, 0.2) is 0 Å². The van der Waals surface area contributed by atoms with Gasteiger partial charge in [0, 0.05) is 0 Å². The van der Waals surface area contributed by atoms with Crippen LogP contribution in [-0.2, 0) is 18.3 Å². The summed E-state index contributed by atoms with van der Waals surface area (Å²) in [7, 11) is 1.56. The monoisotopic (exact) mass is 196 g/mol.